The molecule has 2 aliphatic heterocycles. The zero-order valence-corrected chi connectivity index (χ0v) is 19.7. The molecule has 0 saturated carbocycles. The first-order valence-corrected chi connectivity index (χ1v) is 12.3. The molecule has 2 fully saturated rings. The Bertz CT molecular complexity index is 1080. The van der Waals surface area contributed by atoms with Crippen molar-refractivity contribution >= 4 is 6.09 Å². The Kier molecular flexibility index (Phi) is 7.09. The highest BCUT2D eigenvalue weighted by atomic mass is 19.1. The molecule has 0 aromatic heterocycles. The number of carbonyl (C=O) groups excluding carboxylic acids is 1. The number of amides is 1. The second-order valence-electron chi connectivity index (χ2n) is 9.53. The lowest BCUT2D eigenvalue weighted by atomic mass is 9.89. The van der Waals surface area contributed by atoms with Crippen molar-refractivity contribution < 1.29 is 18.3 Å². The summed E-state index contributed by atoms with van der Waals surface area (Å²) in [6, 6.07) is 23.7. The quantitative estimate of drug-likeness (QED) is 0.403. The van der Waals surface area contributed by atoms with Gasteiger partial charge in [0.25, 0.3) is 0 Å². The van der Waals surface area contributed by atoms with Crippen LogP contribution in [0.3, 0.4) is 0 Å². The molecule has 6 heteroatoms. The van der Waals surface area contributed by atoms with Gasteiger partial charge in [0.15, 0.2) is 0 Å². The molecule has 3 aromatic rings. The number of benzene rings is 3. The van der Waals surface area contributed by atoms with Gasteiger partial charge in [-0.1, -0.05) is 60.7 Å². The molecule has 2 saturated heterocycles. The third-order valence-corrected chi connectivity index (χ3v) is 7.07. The maximum absolute atomic E-state index is 14.1. The van der Waals surface area contributed by atoms with Crippen molar-refractivity contribution in [2.75, 3.05) is 6.54 Å². The maximum atomic E-state index is 14.1. The van der Waals surface area contributed by atoms with Crippen LogP contribution in [0.5, 0.6) is 0 Å². The molecule has 0 N–H and O–H groups in total. The molecule has 1 amide bonds. The molecule has 5 rings (SSSR count). The second-order valence-corrected chi connectivity index (χ2v) is 9.53. The summed E-state index contributed by atoms with van der Waals surface area (Å²) in [5, 5.41) is 0. The van der Waals surface area contributed by atoms with E-state index in [-0.39, 0.29) is 24.3 Å². The Morgan fingerprint density at radius 3 is 2.06 bits per heavy atom. The lowest BCUT2D eigenvalue weighted by molar-refractivity contribution is 0.0318. The molecule has 3 aromatic carbocycles. The number of fused-ring (bicyclic) bond motifs is 1. The number of nitrogens with zero attached hydrogens (tertiary/aromatic N) is 2. The van der Waals surface area contributed by atoms with E-state index in [9.17, 15) is 13.6 Å². The van der Waals surface area contributed by atoms with Gasteiger partial charge in [0.1, 0.15) is 17.7 Å². The average Bonchev–Trinajstić information content (AvgIpc) is 3.19. The molecule has 4 nitrogen and oxygen atoms in total. The molecule has 0 radical (unpaired) electrons. The predicted molar refractivity (Wildman–Crippen MR) is 131 cm³/mol. The Morgan fingerprint density at radius 1 is 0.857 bits per heavy atom. The number of ether oxygens (including phenoxy) is 1. The highest BCUT2D eigenvalue weighted by Crippen LogP contribution is 2.34. The third-order valence-electron chi connectivity index (χ3n) is 7.07. The number of piperidine rings is 1. The van der Waals surface area contributed by atoms with E-state index in [2.05, 4.69) is 29.2 Å². The molecular weight excluding hydrogens is 446 g/mol. The van der Waals surface area contributed by atoms with Crippen LogP contribution < -0.4 is 0 Å². The minimum absolute atomic E-state index is 0.0336. The fourth-order valence-electron chi connectivity index (χ4n) is 5.47. The summed E-state index contributed by atoms with van der Waals surface area (Å²) < 4.78 is 34.3. The summed E-state index contributed by atoms with van der Waals surface area (Å²) in [5.74, 6) is -1.20. The van der Waals surface area contributed by atoms with Crippen LogP contribution in [-0.2, 0) is 24.2 Å². The Labute approximate surface area is 205 Å². The fraction of sp³-hybridized carbons (Fsp3) is 0.345. The van der Waals surface area contributed by atoms with Crippen molar-refractivity contribution in [3.8, 4) is 0 Å². The molecule has 0 spiro atoms. The topological polar surface area (TPSA) is 32.8 Å². The van der Waals surface area contributed by atoms with E-state index in [1.165, 1.54) is 12.1 Å². The maximum Gasteiger partial charge on any atom is 0.410 e. The van der Waals surface area contributed by atoms with Gasteiger partial charge in [-0.25, -0.2) is 13.6 Å². The molecule has 0 bridgehead atoms. The Hall–Kier alpha value is -3.25. The second kappa shape index (κ2) is 10.6. The van der Waals surface area contributed by atoms with E-state index in [0.717, 1.165) is 36.5 Å². The first-order chi connectivity index (χ1) is 17.1. The highest BCUT2D eigenvalue weighted by Gasteiger charge is 2.48. The lowest BCUT2D eigenvalue weighted by Crippen LogP contribution is -2.51. The smallest absolute Gasteiger partial charge is 0.410 e. The van der Waals surface area contributed by atoms with Crippen molar-refractivity contribution in [2.45, 2.75) is 57.0 Å². The van der Waals surface area contributed by atoms with E-state index >= 15 is 0 Å². The number of carbonyl (C=O) groups is 1. The van der Waals surface area contributed by atoms with Gasteiger partial charge in [0.05, 0.1) is 12.1 Å². The molecule has 2 aliphatic rings. The van der Waals surface area contributed by atoms with E-state index < -0.39 is 11.6 Å². The molecule has 3 atom stereocenters. The highest BCUT2D eigenvalue weighted by molar-refractivity contribution is 5.71. The molecular formula is C29H30F2N2O2. The van der Waals surface area contributed by atoms with Crippen molar-refractivity contribution in [3.63, 3.8) is 0 Å². The van der Waals surface area contributed by atoms with Gasteiger partial charge in [-0.05, 0) is 54.5 Å². The van der Waals surface area contributed by atoms with Gasteiger partial charge >= 0.3 is 6.09 Å². The number of cyclic esters (lactones) is 1. The van der Waals surface area contributed by atoms with Crippen LogP contribution in [0.15, 0.2) is 78.9 Å². The van der Waals surface area contributed by atoms with Crippen LogP contribution in [0.1, 0.15) is 36.0 Å². The number of rotatable bonds is 8. The van der Waals surface area contributed by atoms with Crippen LogP contribution in [0.25, 0.3) is 0 Å². The monoisotopic (exact) mass is 476 g/mol. The van der Waals surface area contributed by atoms with Gasteiger partial charge in [0.2, 0.25) is 0 Å². The summed E-state index contributed by atoms with van der Waals surface area (Å²) >= 11 is 0. The minimum Gasteiger partial charge on any atom is -0.442 e. The summed E-state index contributed by atoms with van der Waals surface area (Å²) in [4.78, 5) is 16.9. The summed E-state index contributed by atoms with van der Waals surface area (Å²) in [7, 11) is 0. The van der Waals surface area contributed by atoms with Crippen LogP contribution in [-0.4, -0.2) is 40.6 Å². The summed E-state index contributed by atoms with van der Waals surface area (Å²) in [6.07, 6.45) is 2.57. The molecule has 0 aliphatic carbocycles. The number of hydrogen-bond donors (Lipinski definition) is 0. The van der Waals surface area contributed by atoms with Crippen LogP contribution in [0, 0.1) is 11.6 Å². The van der Waals surface area contributed by atoms with Gasteiger partial charge in [-0.15, -0.1) is 0 Å². The third kappa shape index (κ3) is 5.54. The number of halogens is 2. The SMILES string of the molecule is O=C1O[C@@H]([C@H](Cc2cc(F)cc(F)c2)N(Cc2ccccc2)Cc2ccccc2)[C@@H]2CCCCN12. The van der Waals surface area contributed by atoms with E-state index in [4.69, 9.17) is 4.74 Å². The van der Waals surface area contributed by atoms with Crippen molar-refractivity contribution in [2.24, 2.45) is 0 Å². The molecule has 35 heavy (non-hydrogen) atoms. The van der Waals surface area contributed by atoms with Gasteiger partial charge in [0, 0.05) is 25.7 Å². The summed E-state index contributed by atoms with van der Waals surface area (Å²) in [5.41, 5.74) is 2.82. The van der Waals surface area contributed by atoms with Crippen LogP contribution >= 0.6 is 0 Å². The fourth-order valence-corrected chi connectivity index (χ4v) is 5.47. The standard InChI is InChI=1S/C29H30F2N2O2/c30-24-15-23(16-25(31)18-24)17-27(28-26-13-7-8-14-33(26)29(34)35-28)32(19-21-9-3-1-4-10-21)20-22-11-5-2-6-12-22/h1-6,9-12,15-16,18,26-28H,7-8,13-14,17,19-20H2/t26-,27-,28+/m0/s1. The van der Waals surface area contributed by atoms with Crippen LogP contribution in [0.4, 0.5) is 13.6 Å². The largest absolute Gasteiger partial charge is 0.442 e. The van der Waals surface area contributed by atoms with Crippen molar-refractivity contribution in [1.82, 2.24) is 9.80 Å². The summed E-state index contributed by atoms with van der Waals surface area (Å²) in [6.45, 7) is 1.94. The first-order valence-electron chi connectivity index (χ1n) is 12.3. The van der Waals surface area contributed by atoms with Gasteiger partial charge in [-0.3, -0.25) is 4.90 Å². The van der Waals surface area contributed by atoms with Crippen LogP contribution in [0.2, 0.25) is 0 Å². The average molecular weight is 477 g/mol. The lowest BCUT2D eigenvalue weighted by Gasteiger charge is -2.38. The molecule has 2 heterocycles. The van der Waals surface area contributed by atoms with Crippen molar-refractivity contribution in [3.05, 3.63) is 107 Å². The predicted octanol–water partition coefficient (Wildman–Crippen LogP) is 5.95. The first kappa shape index (κ1) is 23.5. The zero-order valence-electron chi connectivity index (χ0n) is 19.7. The van der Waals surface area contributed by atoms with Crippen molar-refractivity contribution in [1.29, 1.82) is 0 Å². The Morgan fingerprint density at radius 2 is 1.46 bits per heavy atom. The molecule has 182 valence electrons. The normalized spacial score (nSPS) is 20.5. The van der Waals surface area contributed by atoms with Gasteiger partial charge < -0.3 is 9.64 Å². The van der Waals surface area contributed by atoms with E-state index in [1.807, 2.05) is 41.3 Å². The van der Waals surface area contributed by atoms with Gasteiger partial charge in [-0.2, -0.15) is 0 Å². The van der Waals surface area contributed by atoms with E-state index in [1.54, 1.807) is 0 Å². The molecule has 0 unspecified atom stereocenters. The number of hydrogen-bond acceptors (Lipinski definition) is 3. The zero-order chi connectivity index (χ0) is 24.2. The Balaban J connectivity index is 1.53. The minimum atomic E-state index is -0.598. The van der Waals surface area contributed by atoms with E-state index in [0.29, 0.717) is 31.6 Å².